The number of nitrogens with zero attached hydrogens (tertiary/aromatic N) is 2. The molecular weight excluding hydrogens is 490 g/mol. The van der Waals surface area contributed by atoms with Crippen LogP contribution < -0.4 is 10.1 Å². The zero-order valence-corrected chi connectivity index (χ0v) is 19.7. The predicted octanol–water partition coefficient (Wildman–Crippen LogP) is 5.41. The summed E-state index contributed by atoms with van der Waals surface area (Å²) < 4.78 is 59.1. The topological polar surface area (TPSA) is 81.2 Å². The smallest absolute Gasteiger partial charge is 0.421 e. The first kappa shape index (κ1) is 24.6. The van der Waals surface area contributed by atoms with Gasteiger partial charge in [0.15, 0.2) is 5.78 Å². The molecule has 0 atom stereocenters. The molecule has 6 nitrogen and oxygen atoms in total. The number of ether oxygens (including phenoxy) is 1. The molecule has 3 aromatic rings. The molecule has 2 aliphatic carbocycles. The molecule has 0 unspecified atom stereocenters. The lowest BCUT2D eigenvalue weighted by molar-refractivity contribution is -0.139. The second-order valence-electron chi connectivity index (χ2n) is 8.99. The number of hydrogen-bond acceptors (Lipinski definition) is 5. The second-order valence-corrected chi connectivity index (χ2v) is 8.99. The van der Waals surface area contributed by atoms with Crippen molar-refractivity contribution in [3.63, 3.8) is 0 Å². The molecule has 10 heteroatoms. The van der Waals surface area contributed by atoms with Crippen LogP contribution in [0, 0.1) is 11.7 Å². The molecule has 0 saturated heterocycles. The summed E-state index contributed by atoms with van der Waals surface area (Å²) in [6.07, 6.45) is 1.80. The number of hydrogen-bond donors (Lipinski definition) is 1. The Hall–Kier alpha value is -4.08. The lowest BCUT2D eigenvalue weighted by Gasteiger charge is -2.13. The average Bonchev–Trinajstić information content (AvgIpc) is 3.63. The van der Waals surface area contributed by atoms with E-state index in [1.54, 1.807) is 12.3 Å². The average molecular weight is 511 g/mol. The van der Waals surface area contributed by atoms with Gasteiger partial charge in [0.1, 0.15) is 11.4 Å². The van der Waals surface area contributed by atoms with Crippen LogP contribution in [0.2, 0.25) is 0 Å². The number of carbonyl (C=O) groups is 2. The minimum atomic E-state index is -4.73. The largest absolute Gasteiger partial charge is 0.481 e. The molecule has 1 saturated carbocycles. The maximum atomic E-state index is 14.9. The van der Waals surface area contributed by atoms with Gasteiger partial charge in [-0.15, -0.1) is 0 Å². The second kappa shape index (κ2) is 9.42. The van der Waals surface area contributed by atoms with Gasteiger partial charge in [0, 0.05) is 35.2 Å². The molecule has 1 fully saturated rings. The van der Waals surface area contributed by atoms with Crippen molar-refractivity contribution in [2.24, 2.45) is 5.92 Å². The summed E-state index contributed by atoms with van der Waals surface area (Å²) in [6, 6.07) is 6.88. The number of aromatic nitrogens is 2. The van der Waals surface area contributed by atoms with E-state index in [1.807, 2.05) is 12.1 Å². The van der Waals surface area contributed by atoms with E-state index >= 15 is 0 Å². The molecule has 37 heavy (non-hydrogen) atoms. The molecule has 1 aromatic carbocycles. The number of alkyl halides is 3. The summed E-state index contributed by atoms with van der Waals surface area (Å²) in [5, 5.41) is 2.31. The van der Waals surface area contributed by atoms with Gasteiger partial charge in [-0.25, -0.2) is 9.37 Å². The predicted molar refractivity (Wildman–Crippen MR) is 127 cm³/mol. The van der Waals surface area contributed by atoms with Gasteiger partial charge in [-0.05, 0) is 42.2 Å². The van der Waals surface area contributed by atoms with E-state index < -0.39 is 35.8 Å². The Morgan fingerprint density at radius 2 is 1.86 bits per heavy atom. The van der Waals surface area contributed by atoms with Crippen LogP contribution in [0.25, 0.3) is 16.7 Å². The summed E-state index contributed by atoms with van der Waals surface area (Å²) >= 11 is 0. The Bertz CT molecular complexity index is 1450. The molecule has 2 aromatic heterocycles. The Morgan fingerprint density at radius 1 is 1.08 bits per heavy atom. The van der Waals surface area contributed by atoms with Gasteiger partial charge >= 0.3 is 6.18 Å². The zero-order valence-electron chi connectivity index (χ0n) is 19.7. The number of anilines is 1. The van der Waals surface area contributed by atoms with Crippen molar-refractivity contribution in [1.29, 1.82) is 0 Å². The Morgan fingerprint density at radius 3 is 2.54 bits per heavy atom. The number of halogens is 4. The number of Topliss-reactive ketones (excluding diaryl/α,β-unsaturated/α-hetero) is 1. The maximum Gasteiger partial charge on any atom is 0.421 e. The fourth-order valence-corrected chi connectivity index (χ4v) is 4.29. The number of rotatable bonds is 7. The van der Waals surface area contributed by atoms with Gasteiger partial charge in [-0.3, -0.25) is 14.6 Å². The fraction of sp³-hybridized carbons (Fsp3) is 0.259. The Balaban J connectivity index is 1.31. The van der Waals surface area contributed by atoms with Gasteiger partial charge in [0.2, 0.25) is 11.8 Å². The van der Waals surface area contributed by atoms with E-state index in [4.69, 9.17) is 0 Å². The third-order valence-corrected chi connectivity index (χ3v) is 6.34. The zero-order chi connectivity index (χ0) is 26.3. The molecule has 2 heterocycles. The summed E-state index contributed by atoms with van der Waals surface area (Å²) in [5.41, 5.74) is 2.14. The standard InChI is InChI=1S/C27H21F4N3O3/c1-37-26-21(27(29,30)31)11-18(13-33-26)34-24(35)10-16-5-4-15(9-22(16)28)17-8-20-19(25(36)14-2-3-14)6-7-23(20)32-12-17/h4-6,8-9,11-14H,2-3,7,10H2,1H3,(H,34,35). The minimum Gasteiger partial charge on any atom is -0.481 e. The number of methoxy groups -OCH3 is 1. The van der Waals surface area contributed by atoms with Crippen LogP contribution in [-0.4, -0.2) is 28.8 Å². The van der Waals surface area contributed by atoms with Crippen molar-refractivity contribution in [1.82, 2.24) is 9.97 Å². The molecule has 5 rings (SSSR count). The van der Waals surface area contributed by atoms with Crippen molar-refractivity contribution in [3.8, 4) is 17.0 Å². The highest BCUT2D eigenvalue weighted by molar-refractivity contribution is 6.23. The van der Waals surface area contributed by atoms with Gasteiger partial charge in [-0.2, -0.15) is 13.2 Å². The van der Waals surface area contributed by atoms with Crippen molar-refractivity contribution in [2.45, 2.75) is 31.9 Å². The van der Waals surface area contributed by atoms with Crippen LogP contribution in [0.4, 0.5) is 23.2 Å². The van der Waals surface area contributed by atoms with E-state index in [1.165, 1.54) is 12.1 Å². The number of nitrogens with one attached hydrogen (secondary N) is 1. The van der Waals surface area contributed by atoms with Crippen LogP contribution in [-0.2, 0) is 28.6 Å². The summed E-state index contributed by atoms with van der Waals surface area (Å²) in [5.74, 6) is -1.77. The number of allylic oxidation sites excluding steroid dienone is 2. The van der Waals surface area contributed by atoms with E-state index in [2.05, 4.69) is 20.0 Å². The summed E-state index contributed by atoms with van der Waals surface area (Å²) in [6.45, 7) is 0. The molecule has 0 aliphatic heterocycles. The normalized spacial score (nSPS) is 14.7. The number of amides is 1. The monoisotopic (exact) mass is 511 g/mol. The van der Waals surface area contributed by atoms with Gasteiger partial charge < -0.3 is 10.1 Å². The van der Waals surface area contributed by atoms with Crippen molar-refractivity contribution in [3.05, 3.63) is 77.0 Å². The first-order valence-electron chi connectivity index (χ1n) is 11.6. The highest BCUT2D eigenvalue weighted by atomic mass is 19.4. The van der Waals surface area contributed by atoms with Crippen LogP contribution in [0.15, 0.2) is 48.8 Å². The van der Waals surface area contributed by atoms with Crippen LogP contribution >= 0.6 is 0 Å². The summed E-state index contributed by atoms with van der Waals surface area (Å²) in [4.78, 5) is 33.0. The number of pyridine rings is 2. The summed E-state index contributed by atoms with van der Waals surface area (Å²) in [7, 11) is 1.06. The molecule has 1 amide bonds. The molecule has 1 N–H and O–H groups in total. The Labute approximate surface area is 209 Å². The quantitative estimate of drug-likeness (QED) is 0.429. The lowest BCUT2D eigenvalue weighted by atomic mass is 9.97. The number of ketones is 1. The molecular formula is C27H21F4N3O3. The fourth-order valence-electron chi connectivity index (χ4n) is 4.29. The Kier molecular flexibility index (Phi) is 6.26. The molecule has 0 spiro atoms. The van der Waals surface area contributed by atoms with Gasteiger partial charge in [0.05, 0.1) is 31.1 Å². The lowest BCUT2D eigenvalue weighted by Crippen LogP contribution is -2.17. The molecule has 0 radical (unpaired) electrons. The first-order chi connectivity index (χ1) is 17.6. The number of fused-ring (bicyclic) bond motifs is 1. The van der Waals surface area contributed by atoms with Gasteiger partial charge in [-0.1, -0.05) is 18.2 Å². The molecule has 0 bridgehead atoms. The SMILES string of the molecule is COc1ncc(NC(=O)Cc2ccc(-c3cnc4c(c3)C(C(=O)C3CC3)=CC4)cc2F)cc1C(F)(F)F. The number of benzene rings is 1. The van der Waals surface area contributed by atoms with Crippen LogP contribution in [0.3, 0.4) is 0 Å². The minimum absolute atomic E-state index is 0.0670. The highest BCUT2D eigenvalue weighted by Crippen LogP contribution is 2.39. The third kappa shape index (κ3) is 5.09. The molecule has 190 valence electrons. The third-order valence-electron chi connectivity index (χ3n) is 6.34. The van der Waals surface area contributed by atoms with E-state index in [9.17, 15) is 27.2 Å². The highest BCUT2D eigenvalue weighted by Gasteiger charge is 2.36. The maximum absolute atomic E-state index is 14.9. The van der Waals surface area contributed by atoms with Crippen molar-refractivity contribution in [2.75, 3.05) is 12.4 Å². The van der Waals surface area contributed by atoms with E-state index in [-0.39, 0.29) is 23.0 Å². The van der Waals surface area contributed by atoms with E-state index in [0.29, 0.717) is 29.2 Å². The van der Waals surface area contributed by atoms with Gasteiger partial charge in [0.25, 0.3) is 0 Å². The van der Waals surface area contributed by atoms with Crippen LogP contribution in [0.1, 0.15) is 35.2 Å². The number of carbonyl (C=O) groups excluding carboxylic acids is 2. The van der Waals surface area contributed by atoms with Crippen molar-refractivity contribution < 1.29 is 31.9 Å². The van der Waals surface area contributed by atoms with E-state index in [0.717, 1.165) is 37.4 Å². The molecule has 2 aliphatic rings. The van der Waals surface area contributed by atoms with Crippen molar-refractivity contribution >= 4 is 23.0 Å². The first-order valence-corrected chi connectivity index (χ1v) is 11.6. The van der Waals surface area contributed by atoms with Crippen LogP contribution in [0.5, 0.6) is 5.88 Å².